The third kappa shape index (κ3) is 6.08. The number of nitrogens with one attached hydrogen (secondary N) is 1. The van der Waals surface area contributed by atoms with Gasteiger partial charge in [0, 0.05) is 17.1 Å². The van der Waals surface area contributed by atoms with Crippen molar-refractivity contribution in [2.24, 2.45) is 5.92 Å². The number of nitrogens with zero attached hydrogens (tertiary/aromatic N) is 3. The normalized spacial score (nSPS) is 13.6. The summed E-state index contributed by atoms with van der Waals surface area (Å²) in [5.74, 6) is 1.85. The molecular weight excluding hydrogens is 436 g/mol. The second-order valence-electron chi connectivity index (χ2n) is 9.68. The number of rotatable bonds is 7. The standard InChI is InChI=1S/C26H31ClN4O2/c1-18-23(17-30(16-19-13-14-19)25(32)28-26(2,3)4)24(33-22-11-6-5-7-12-22)31(29-18)21-10-8-9-20(27)15-21/h5-12,15,19H,13-14,16-17H2,1-4H3,(H,28,32). The molecule has 0 atom stereocenters. The van der Waals surface area contributed by atoms with Crippen molar-refractivity contribution < 1.29 is 9.53 Å². The first-order valence-electron chi connectivity index (χ1n) is 11.3. The molecule has 4 rings (SSSR count). The zero-order chi connectivity index (χ0) is 23.6. The van der Waals surface area contributed by atoms with Crippen LogP contribution in [0.1, 0.15) is 44.9 Å². The molecule has 1 N–H and O–H groups in total. The minimum atomic E-state index is -0.317. The van der Waals surface area contributed by atoms with Gasteiger partial charge in [-0.2, -0.15) is 5.10 Å². The first kappa shape index (κ1) is 23.2. The lowest BCUT2D eigenvalue weighted by molar-refractivity contribution is 0.183. The van der Waals surface area contributed by atoms with Crippen LogP contribution in [0.3, 0.4) is 0 Å². The van der Waals surface area contributed by atoms with Crippen LogP contribution in [-0.2, 0) is 6.54 Å². The fourth-order valence-corrected chi connectivity index (χ4v) is 3.81. The van der Waals surface area contributed by atoms with Gasteiger partial charge in [0.1, 0.15) is 5.75 Å². The van der Waals surface area contributed by atoms with Crippen LogP contribution in [0.15, 0.2) is 54.6 Å². The van der Waals surface area contributed by atoms with E-state index in [-0.39, 0.29) is 11.6 Å². The van der Waals surface area contributed by atoms with E-state index in [1.54, 1.807) is 4.68 Å². The largest absolute Gasteiger partial charge is 0.439 e. The number of urea groups is 1. The van der Waals surface area contributed by atoms with E-state index >= 15 is 0 Å². The van der Waals surface area contributed by atoms with Gasteiger partial charge in [0.05, 0.1) is 23.5 Å². The molecule has 1 saturated carbocycles. The van der Waals surface area contributed by atoms with Gasteiger partial charge in [-0.25, -0.2) is 9.48 Å². The predicted molar refractivity (Wildman–Crippen MR) is 131 cm³/mol. The number of aromatic nitrogens is 2. The van der Waals surface area contributed by atoms with Crippen molar-refractivity contribution in [1.82, 2.24) is 20.0 Å². The van der Waals surface area contributed by atoms with Gasteiger partial charge in [-0.1, -0.05) is 35.9 Å². The number of hydrogen-bond donors (Lipinski definition) is 1. The first-order chi connectivity index (χ1) is 15.7. The maximum absolute atomic E-state index is 13.2. The van der Waals surface area contributed by atoms with E-state index in [2.05, 4.69) is 5.32 Å². The Balaban J connectivity index is 1.73. The summed E-state index contributed by atoms with van der Waals surface area (Å²) < 4.78 is 8.12. The average Bonchev–Trinajstić information content (AvgIpc) is 3.52. The molecule has 0 spiro atoms. The topological polar surface area (TPSA) is 59.4 Å². The van der Waals surface area contributed by atoms with E-state index < -0.39 is 0 Å². The van der Waals surface area contributed by atoms with Crippen molar-refractivity contribution in [3.8, 4) is 17.3 Å². The van der Waals surface area contributed by atoms with E-state index in [0.717, 1.165) is 29.8 Å². The Kier molecular flexibility index (Phi) is 6.66. The average molecular weight is 467 g/mol. The molecule has 0 aliphatic heterocycles. The molecule has 2 amide bonds. The molecule has 1 aromatic heterocycles. The fourth-order valence-electron chi connectivity index (χ4n) is 3.63. The lowest BCUT2D eigenvalue weighted by Crippen LogP contribution is -2.48. The van der Waals surface area contributed by atoms with E-state index in [1.807, 2.05) is 87.2 Å². The Morgan fingerprint density at radius 3 is 2.55 bits per heavy atom. The van der Waals surface area contributed by atoms with Crippen LogP contribution in [0.4, 0.5) is 4.79 Å². The third-order valence-electron chi connectivity index (χ3n) is 5.44. The van der Waals surface area contributed by atoms with Crippen molar-refractivity contribution in [2.75, 3.05) is 6.54 Å². The van der Waals surface area contributed by atoms with Crippen molar-refractivity contribution in [3.05, 3.63) is 70.9 Å². The van der Waals surface area contributed by atoms with Crippen LogP contribution in [0.25, 0.3) is 5.69 Å². The zero-order valence-electron chi connectivity index (χ0n) is 19.6. The molecule has 174 valence electrons. The number of para-hydroxylation sites is 1. The van der Waals surface area contributed by atoms with Crippen molar-refractivity contribution in [3.63, 3.8) is 0 Å². The Bertz CT molecular complexity index is 1120. The van der Waals surface area contributed by atoms with E-state index in [4.69, 9.17) is 21.4 Å². The number of halogens is 1. The smallest absolute Gasteiger partial charge is 0.318 e. The molecule has 7 heteroatoms. The van der Waals surface area contributed by atoms with Crippen LogP contribution in [-0.4, -0.2) is 32.8 Å². The van der Waals surface area contributed by atoms with Gasteiger partial charge < -0.3 is 15.0 Å². The number of benzene rings is 2. The highest BCUT2D eigenvalue weighted by atomic mass is 35.5. The van der Waals surface area contributed by atoms with Gasteiger partial charge in [-0.15, -0.1) is 0 Å². The van der Waals surface area contributed by atoms with Gasteiger partial charge in [-0.05, 0) is 76.8 Å². The molecule has 2 aromatic carbocycles. The van der Waals surface area contributed by atoms with E-state index in [1.165, 1.54) is 0 Å². The second kappa shape index (κ2) is 9.48. The Labute approximate surface area is 200 Å². The van der Waals surface area contributed by atoms with Crippen LogP contribution in [0, 0.1) is 12.8 Å². The summed E-state index contributed by atoms with van der Waals surface area (Å²) in [5, 5.41) is 8.50. The minimum absolute atomic E-state index is 0.0741. The summed E-state index contributed by atoms with van der Waals surface area (Å²) in [4.78, 5) is 15.0. The van der Waals surface area contributed by atoms with E-state index in [9.17, 15) is 4.79 Å². The SMILES string of the molecule is Cc1nn(-c2cccc(Cl)c2)c(Oc2ccccc2)c1CN(CC1CC1)C(=O)NC(C)(C)C. The number of hydrogen-bond acceptors (Lipinski definition) is 3. The number of amides is 2. The van der Waals surface area contributed by atoms with Gasteiger partial charge >= 0.3 is 6.03 Å². The van der Waals surface area contributed by atoms with Crippen molar-refractivity contribution in [2.45, 2.75) is 52.6 Å². The maximum Gasteiger partial charge on any atom is 0.318 e. The molecule has 0 saturated heterocycles. The highest BCUT2D eigenvalue weighted by Crippen LogP contribution is 2.34. The Morgan fingerprint density at radius 1 is 1.18 bits per heavy atom. The summed E-state index contributed by atoms with van der Waals surface area (Å²) >= 11 is 6.26. The monoisotopic (exact) mass is 466 g/mol. The molecule has 0 unspecified atom stereocenters. The number of carbonyl (C=O) groups is 1. The summed E-state index contributed by atoms with van der Waals surface area (Å²) in [5.41, 5.74) is 2.17. The summed E-state index contributed by atoms with van der Waals surface area (Å²) in [6, 6.07) is 17.0. The quantitative estimate of drug-likeness (QED) is 0.441. The maximum atomic E-state index is 13.2. The Morgan fingerprint density at radius 2 is 1.91 bits per heavy atom. The molecule has 0 bridgehead atoms. The minimum Gasteiger partial charge on any atom is -0.439 e. The Hall–Kier alpha value is -2.99. The zero-order valence-corrected chi connectivity index (χ0v) is 20.4. The molecule has 3 aromatic rings. The van der Waals surface area contributed by atoms with Crippen molar-refractivity contribution in [1.29, 1.82) is 0 Å². The van der Waals surface area contributed by atoms with Crippen LogP contribution >= 0.6 is 11.6 Å². The lowest BCUT2D eigenvalue weighted by Gasteiger charge is -2.28. The number of aryl methyl sites for hydroxylation is 1. The lowest BCUT2D eigenvalue weighted by atomic mass is 10.1. The molecule has 1 heterocycles. The first-order valence-corrected chi connectivity index (χ1v) is 11.7. The molecule has 1 aliphatic carbocycles. The third-order valence-corrected chi connectivity index (χ3v) is 5.68. The van der Waals surface area contributed by atoms with Crippen LogP contribution in [0.5, 0.6) is 11.6 Å². The van der Waals surface area contributed by atoms with Gasteiger partial charge in [0.15, 0.2) is 0 Å². The van der Waals surface area contributed by atoms with E-state index in [0.29, 0.717) is 35.7 Å². The highest BCUT2D eigenvalue weighted by Gasteiger charge is 2.30. The van der Waals surface area contributed by atoms with Crippen LogP contribution in [0.2, 0.25) is 5.02 Å². The summed E-state index contributed by atoms with van der Waals surface area (Å²) in [7, 11) is 0. The number of carbonyl (C=O) groups excluding carboxylic acids is 1. The summed E-state index contributed by atoms with van der Waals surface area (Å²) in [6.07, 6.45) is 2.32. The van der Waals surface area contributed by atoms with Gasteiger partial charge in [-0.3, -0.25) is 0 Å². The molecule has 6 nitrogen and oxygen atoms in total. The van der Waals surface area contributed by atoms with Crippen LogP contribution < -0.4 is 10.1 Å². The molecule has 0 radical (unpaired) electrons. The predicted octanol–water partition coefficient (Wildman–Crippen LogP) is 6.35. The molecule has 1 fully saturated rings. The number of ether oxygens (including phenoxy) is 1. The van der Waals surface area contributed by atoms with Gasteiger partial charge in [0.25, 0.3) is 0 Å². The highest BCUT2D eigenvalue weighted by molar-refractivity contribution is 6.30. The fraction of sp³-hybridized carbons (Fsp3) is 0.385. The summed E-state index contributed by atoms with van der Waals surface area (Å²) in [6.45, 7) is 9.05. The molecule has 1 aliphatic rings. The van der Waals surface area contributed by atoms with Crippen molar-refractivity contribution >= 4 is 17.6 Å². The second-order valence-corrected chi connectivity index (χ2v) is 10.1. The van der Waals surface area contributed by atoms with Gasteiger partial charge in [0.2, 0.25) is 5.88 Å². The molecular formula is C26H31ClN4O2. The molecule has 33 heavy (non-hydrogen) atoms.